The average Bonchev–Trinajstić information content (AvgIpc) is 2.73. The Kier molecular flexibility index (Phi) is 3.18. The fourth-order valence-corrected chi connectivity index (χ4v) is 3.08. The molecule has 0 aromatic heterocycles. The fourth-order valence-electron chi connectivity index (χ4n) is 3.08. The van der Waals surface area contributed by atoms with E-state index in [2.05, 4.69) is 5.32 Å². The lowest BCUT2D eigenvalue weighted by molar-refractivity contribution is -0.387. The van der Waals surface area contributed by atoms with Crippen LogP contribution in [0.5, 0.6) is 0 Å². The highest BCUT2D eigenvalue weighted by Gasteiger charge is 2.48. The third-order valence-corrected chi connectivity index (χ3v) is 4.06. The van der Waals surface area contributed by atoms with E-state index in [1.54, 1.807) is 0 Å². The van der Waals surface area contributed by atoms with Crippen molar-refractivity contribution >= 4 is 5.69 Å². The number of hydrogen-bond acceptors (Lipinski definition) is 4. The van der Waals surface area contributed by atoms with Crippen molar-refractivity contribution < 1.29 is 22.8 Å². The first-order valence-corrected chi connectivity index (χ1v) is 6.56. The van der Waals surface area contributed by atoms with Gasteiger partial charge in [0.15, 0.2) is 0 Å². The summed E-state index contributed by atoms with van der Waals surface area (Å²) in [6, 6.07) is 2.65. The average molecular weight is 302 g/mol. The maximum absolute atomic E-state index is 12.7. The molecule has 1 N–H and O–H groups in total. The van der Waals surface area contributed by atoms with Crippen molar-refractivity contribution in [2.24, 2.45) is 0 Å². The molecule has 2 heterocycles. The maximum Gasteiger partial charge on any atom is 0.416 e. The number of halogens is 3. The molecule has 2 aliphatic heterocycles. The molecule has 1 aromatic rings. The van der Waals surface area contributed by atoms with Crippen LogP contribution in [-0.2, 0) is 16.5 Å². The summed E-state index contributed by atoms with van der Waals surface area (Å²) in [5, 5.41) is 14.3. The number of nitro benzene ring substituents is 1. The van der Waals surface area contributed by atoms with Crippen LogP contribution in [0.25, 0.3) is 0 Å². The maximum atomic E-state index is 12.7. The molecule has 2 atom stereocenters. The molecule has 1 aromatic carbocycles. The molecule has 114 valence electrons. The van der Waals surface area contributed by atoms with Gasteiger partial charge < -0.3 is 10.1 Å². The van der Waals surface area contributed by atoms with Crippen molar-refractivity contribution in [1.29, 1.82) is 0 Å². The lowest BCUT2D eigenvalue weighted by Crippen LogP contribution is -2.46. The van der Waals surface area contributed by atoms with Gasteiger partial charge in [0, 0.05) is 19.2 Å². The van der Waals surface area contributed by atoms with Gasteiger partial charge in [-0.2, -0.15) is 13.2 Å². The van der Waals surface area contributed by atoms with Gasteiger partial charge in [0.2, 0.25) is 0 Å². The summed E-state index contributed by atoms with van der Waals surface area (Å²) in [5.74, 6) is 0. The molecule has 2 unspecified atom stereocenters. The van der Waals surface area contributed by atoms with Gasteiger partial charge in [0.1, 0.15) is 5.60 Å². The minimum absolute atomic E-state index is 0.0411. The van der Waals surface area contributed by atoms with E-state index in [-0.39, 0.29) is 11.7 Å². The highest BCUT2D eigenvalue weighted by atomic mass is 19.4. The Morgan fingerprint density at radius 1 is 1.43 bits per heavy atom. The van der Waals surface area contributed by atoms with E-state index in [1.807, 2.05) is 0 Å². The van der Waals surface area contributed by atoms with Gasteiger partial charge >= 0.3 is 6.18 Å². The number of nitrogens with one attached hydrogen (secondary N) is 1. The normalized spacial score (nSPS) is 28.6. The van der Waals surface area contributed by atoms with E-state index in [0.717, 1.165) is 12.5 Å². The first-order chi connectivity index (χ1) is 9.82. The van der Waals surface area contributed by atoms with Crippen molar-refractivity contribution in [2.75, 3.05) is 13.1 Å². The van der Waals surface area contributed by atoms with Crippen molar-refractivity contribution in [3.8, 4) is 0 Å². The third-order valence-electron chi connectivity index (χ3n) is 4.06. The van der Waals surface area contributed by atoms with Crippen LogP contribution in [0.4, 0.5) is 18.9 Å². The Morgan fingerprint density at radius 3 is 2.86 bits per heavy atom. The topological polar surface area (TPSA) is 64.4 Å². The van der Waals surface area contributed by atoms with Crippen LogP contribution in [0.15, 0.2) is 18.2 Å². The lowest BCUT2D eigenvalue weighted by Gasteiger charge is -2.34. The van der Waals surface area contributed by atoms with Crippen LogP contribution < -0.4 is 5.32 Å². The van der Waals surface area contributed by atoms with Gasteiger partial charge in [0.05, 0.1) is 22.2 Å². The molecule has 0 saturated carbocycles. The zero-order chi connectivity index (χ0) is 15.3. The summed E-state index contributed by atoms with van der Waals surface area (Å²) in [7, 11) is 0. The Morgan fingerprint density at radius 2 is 2.19 bits per heavy atom. The smallest absolute Gasteiger partial charge is 0.364 e. The highest BCUT2D eigenvalue weighted by Crippen LogP contribution is 2.45. The van der Waals surface area contributed by atoms with Gasteiger partial charge in [-0.15, -0.1) is 0 Å². The molecule has 3 rings (SSSR count). The van der Waals surface area contributed by atoms with Crippen molar-refractivity contribution in [3.05, 3.63) is 39.4 Å². The van der Waals surface area contributed by atoms with Crippen LogP contribution in [0.1, 0.15) is 24.0 Å². The summed E-state index contributed by atoms with van der Waals surface area (Å²) >= 11 is 0. The van der Waals surface area contributed by atoms with Crippen LogP contribution in [-0.4, -0.2) is 24.1 Å². The molecule has 2 fully saturated rings. The SMILES string of the molecule is O=[N+]([O-])c1cc(C(F)(F)F)ccc1C12CCC(CNC1)O2. The van der Waals surface area contributed by atoms with E-state index in [9.17, 15) is 23.3 Å². The largest absolute Gasteiger partial charge is 0.416 e. The number of ether oxygens (including phenoxy) is 1. The molecule has 0 radical (unpaired) electrons. The Hall–Kier alpha value is -1.67. The molecule has 8 heteroatoms. The Labute approximate surface area is 118 Å². The monoisotopic (exact) mass is 302 g/mol. The molecule has 5 nitrogen and oxygen atoms in total. The van der Waals surface area contributed by atoms with Gasteiger partial charge in [0.25, 0.3) is 5.69 Å². The zero-order valence-electron chi connectivity index (χ0n) is 10.9. The van der Waals surface area contributed by atoms with E-state index in [4.69, 9.17) is 4.74 Å². The number of benzene rings is 1. The van der Waals surface area contributed by atoms with E-state index < -0.39 is 28.0 Å². The molecular formula is C13H13F3N2O3. The summed E-state index contributed by atoms with van der Waals surface area (Å²) < 4.78 is 44.0. The minimum Gasteiger partial charge on any atom is -0.364 e. The second-order valence-electron chi connectivity index (χ2n) is 5.39. The molecule has 21 heavy (non-hydrogen) atoms. The predicted molar refractivity (Wildman–Crippen MR) is 66.8 cm³/mol. The van der Waals surface area contributed by atoms with E-state index in [1.165, 1.54) is 6.07 Å². The van der Waals surface area contributed by atoms with Gasteiger partial charge in [-0.1, -0.05) is 0 Å². The van der Waals surface area contributed by atoms with Crippen LogP contribution in [0.2, 0.25) is 0 Å². The Balaban J connectivity index is 2.08. The standard InChI is InChI=1S/C13H13F3N2O3/c14-13(15,16)8-1-2-10(11(5-8)18(19)20)12-4-3-9(21-12)6-17-7-12/h1-2,5,9,17H,3-4,6-7H2. The van der Waals surface area contributed by atoms with E-state index in [0.29, 0.717) is 25.6 Å². The molecule has 2 saturated heterocycles. The fraction of sp³-hybridized carbons (Fsp3) is 0.538. The van der Waals surface area contributed by atoms with Gasteiger partial charge in [-0.3, -0.25) is 10.1 Å². The third kappa shape index (κ3) is 2.38. The molecule has 0 aliphatic carbocycles. The first-order valence-electron chi connectivity index (χ1n) is 6.56. The van der Waals surface area contributed by atoms with Crippen molar-refractivity contribution in [1.82, 2.24) is 5.32 Å². The van der Waals surface area contributed by atoms with Gasteiger partial charge in [-0.05, 0) is 25.0 Å². The molecule has 2 bridgehead atoms. The zero-order valence-corrected chi connectivity index (χ0v) is 10.9. The van der Waals surface area contributed by atoms with Crippen LogP contribution >= 0.6 is 0 Å². The molecular weight excluding hydrogens is 289 g/mol. The van der Waals surface area contributed by atoms with Crippen LogP contribution in [0.3, 0.4) is 0 Å². The van der Waals surface area contributed by atoms with Crippen molar-refractivity contribution in [2.45, 2.75) is 30.7 Å². The number of alkyl halides is 3. The molecule has 2 aliphatic rings. The summed E-state index contributed by atoms with van der Waals surface area (Å²) in [5.41, 5.74) is -2.23. The summed E-state index contributed by atoms with van der Waals surface area (Å²) in [6.07, 6.45) is -3.34. The first kappa shape index (κ1) is 14.3. The number of morpholine rings is 1. The second-order valence-corrected chi connectivity index (χ2v) is 5.39. The number of nitrogens with zero attached hydrogens (tertiary/aromatic N) is 1. The van der Waals surface area contributed by atoms with Crippen LogP contribution in [0, 0.1) is 10.1 Å². The predicted octanol–water partition coefficient (Wildman–Crippen LogP) is 2.59. The van der Waals surface area contributed by atoms with E-state index >= 15 is 0 Å². The highest BCUT2D eigenvalue weighted by molar-refractivity contribution is 5.48. The van der Waals surface area contributed by atoms with Gasteiger partial charge in [-0.25, -0.2) is 0 Å². The molecule has 0 spiro atoms. The lowest BCUT2D eigenvalue weighted by atomic mass is 9.88. The summed E-state index contributed by atoms with van der Waals surface area (Å²) in [6.45, 7) is 1.03. The minimum atomic E-state index is -4.61. The second kappa shape index (κ2) is 4.67. The number of rotatable bonds is 2. The quantitative estimate of drug-likeness (QED) is 0.673. The molecule has 0 amide bonds. The number of hydrogen-bond donors (Lipinski definition) is 1. The number of fused-ring (bicyclic) bond motifs is 2. The Bertz CT molecular complexity index is 587. The summed E-state index contributed by atoms with van der Waals surface area (Å²) in [4.78, 5) is 10.4. The van der Waals surface area contributed by atoms with Crippen molar-refractivity contribution in [3.63, 3.8) is 0 Å². The number of nitro groups is 1.